The maximum absolute atomic E-state index is 12.1. The molecule has 3 aromatic rings. The SMILES string of the molecule is CC(C)n1cc(Cc2cn(-c3oc(CO)c(O)c3O)c(=O)[nH]c2=O)nn1. The number of nitrogens with zero attached hydrogens (tertiary/aromatic N) is 4. The highest BCUT2D eigenvalue weighted by Crippen LogP contribution is 2.37. The second kappa shape index (κ2) is 6.52. The normalized spacial score (nSPS) is 11.4. The monoisotopic (exact) mass is 363 g/mol. The molecule has 3 aromatic heterocycles. The van der Waals surface area contributed by atoms with Crippen LogP contribution in [0.1, 0.15) is 36.9 Å². The average molecular weight is 363 g/mol. The molecule has 0 aliphatic carbocycles. The first-order valence-electron chi connectivity index (χ1n) is 7.72. The van der Waals surface area contributed by atoms with Gasteiger partial charge in [0.1, 0.15) is 6.61 Å². The number of aromatic nitrogens is 5. The second-order valence-electron chi connectivity index (χ2n) is 5.93. The Balaban J connectivity index is 2.05. The van der Waals surface area contributed by atoms with Gasteiger partial charge in [0.15, 0.2) is 5.76 Å². The summed E-state index contributed by atoms with van der Waals surface area (Å²) in [4.78, 5) is 26.2. The van der Waals surface area contributed by atoms with E-state index in [1.54, 1.807) is 10.9 Å². The number of H-pyrrole nitrogens is 1. The molecule has 3 rings (SSSR count). The number of furan rings is 1. The molecule has 0 spiro atoms. The largest absolute Gasteiger partial charge is 0.502 e. The molecule has 4 N–H and O–H groups in total. The highest BCUT2D eigenvalue weighted by molar-refractivity contribution is 5.51. The Labute approximate surface area is 145 Å². The third kappa shape index (κ3) is 2.99. The quantitative estimate of drug-likeness (QED) is 0.484. The van der Waals surface area contributed by atoms with E-state index >= 15 is 0 Å². The zero-order valence-electron chi connectivity index (χ0n) is 14.0. The van der Waals surface area contributed by atoms with E-state index < -0.39 is 35.2 Å². The van der Waals surface area contributed by atoms with Crippen molar-refractivity contribution in [3.63, 3.8) is 0 Å². The fraction of sp³-hybridized carbons (Fsp3) is 0.333. The van der Waals surface area contributed by atoms with Crippen LogP contribution in [0.25, 0.3) is 5.88 Å². The highest BCUT2D eigenvalue weighted by atomic mass is 16.4. The number of aliphatic hydroxyl groups excluding tert-OH is 1. The molecule has 0 saturated carbocycles. The minimum atomic E-state index is -0.877. The zero-order chi connectivity index (χ0) is 19.0. The van der Waals surface area contributed by atoms with Gasteiger partial charge in [0, 0.05) is 30.4 Å². The van der Waals surface area contributed by atoms with Crippen molar-refractivity contribution in [2.24, 2.45) is 0 Å². The Kier molecular flexibility index (Phi) is 4.38. The van der Waals surface area contributed by atoms with Gasteiger partial charge < -0.3 is 19.7 Å². The van der Waals surface area contributed by atoms with Crippen molar-refractivity contribution in [2.45, 2.75) is 32.9 Å². The summed E-state index contributed by atoms with van der Waals surface area (Å²) >= 11 is 0. The average Bonchev–Trinajstić information content (AvgIpc) is 3.17. The molecule has 11 nitrogen and oxygen atoms in total. The van der Waals surface area contributed by atoms with Gasteiger partial charge >= 0.3 is 5.69 Å². The Bertz CT molecular complexity index is 1060. The number of aliphatic hydroxyl groups is 1. The van der Waals surface area contributed by atoms with Crippen LogP contribution in [0.2, 0.25) is 0 Å². The molecule has 0 amide bonds. The maximum Gasteiger partial charge on any atom is 0.335 e. The van der Waals surface area contributed by atoms with Crippen molar-refractivity contribution in [1.29, 1.82) is 0 Å². The van der Waals surface area contributed by atoms with Crippen molar-refractivity contribution >= 4 is 0 Å². The summed E-state index contributed by atoms with van der Waals surface area (Å²) in [5.74, 6) is -2.13. The molecule has 0 aliphatic heterocycles. The molecular weight excluding hydrogens is 346 g/mol. The van der Waals surface area contributed by atoms with Crippen molar-refractivity contribution in [3.05, 3.63) is 50.2 Å². The molecule has 0 bridgehead atoms. The maximum atomic E-state index is 12.1. The molecule has 0 saturated heterocycles. The van der Waals surface area contributed by atoms with Crippen molar-refractivity contribution in [1.82, 2.24) is 24.5 Å². The van der Waals surface area contributed by atoms with E-state index in [1.165, 1.54) is 6.20 Å². The fourth-order valence-electron chi connectivity index (χ4n) is 2.35. The van der Waals surface area contributed by atoms with Crippen molar-refractivity contribution in [3.8, 4) is 17.4 Å². The molecule has 3 heterocycles. The van der Waals surface area contributed by atoms with Gasteiger partial charge in [-0.3, -0.25) is 9.78 Å². The number of hydrogen-bond donors (Lipinski definition) is 4. The van der Waals surface area contributed by atoms with E-state index in [-0.39, 0.29) is 23.8 Å². The zero-order valence-corrected chi connectivity index (χ0v) is 14.0. The Hall–Kier alpha value is -3.34. The lowest BCUT2D eigenvalue weighted by Crippen LogP contribution is -2.30. The smallest absolute Gasteiger partial charge is 0.335 e. The number of rotatable bonds is 5. The van der Waals surface area contributed by atoms with Crippen molar-refractivity contribution in [2.75, 3.05) is 0 Å². The summed E-state index contributed by atoms with van der Waals surface area (Å²) in [6, 6.07) is 0.100. The standard InChI is InChI=1S/C15H17N5O6/c1-7(2)20-5-9(17-18-20)3-8-4-19(15(25)16-13(8)24)14-12(23)11(22)10(6-21)26-14/h4-5,7,21-23H,3,6H2,1-2H3,(H,16,24,25). The first kappa shape index (κ1) is 17.5. The molecular formula is C15H17N5O6. The van der Waals surface area contributed by atoms with Crippen LogP contribution in [0, 0.1) is 0 Å². The molecule has 11 heteroatoms. The lowest BCUT2D eigenvalue weighted by molar-refractivity contribution is 0.238. The second-order valence-corrected chi connectivity index (χ2v) is 5.93. The summed E-state index contributed by atoms with van der Waals surface area (Å²) in [7, 11) is 0. The van der Waals surface area contributed by atoms with E-state index in [0.717, 1.165) is 4.57 Å². The fourth-order valence-corrected chi connectivity index (χ4v) is 2.35. The summed E-state index contributed by atoms with van der Waals surface area (Å²) in [5, 5.41) is 36.6. The molecule has 138 valence electrons. The van der Waals surface area contributed by atoms with Gasteiger partial charge in [-0.05, 0) is 13.8 Å². The third-order valence-electron chi connectivity index (χ3n) is 3.75. The van der Waals surface area contributed by atoms with Gasteiger partial charge in [-0.25, -0.2) is 14.0 Å². The van der Waals surface area contributed by atoms with E-state index in [1.807, 2.05) is 13.8 Å². The summed E-state index contributed by atoms with van der Waals surface area (Å²) in [6.45, 7) is 3.18. The molecule has 0 atom stereocenters. The van der Waals surface area contributed by atoms with Crippen LogP contribution >= 0.6 is 0 Å². The van der Waals surface area contributed by atoms with Crippen LogP contribution in [0.4, 0.5) is 0 Å². The molecule has 0 aliphatic rings. The Morgan fingerprint density at radius 3 is 2.54 bits per heavy atom. The van der Waals surface area contributed by atoms with Gasteiger partial charge in [-0.1, -0.05) is 5.21 Å². The number of hydrogen-bond acceptors (Lipinski definition) is 8. The number of aromatic hydroxyl groups is 2. The topological polar surface area (TPSA) is 159 Å². The molecule has 26 heavy (non-hydrogen) atoms. The molecule has 0 fully saturated rings. The van der Waals surface area contributed by atoms with Crippen LogP contribution in [0.15, 0.2) is 26.4 Å². The van der Waals surface area contributed by atoms with Crippen LogP contribution in [0.5, 0.6) is 11.5 Å². The summed E-state index contributed by atoms with van der Waals surface area (Å²) < 4.78 is 7.56. The van der Waals surface area contributed by atoms with Gasteiger partial charge in [0.25, 0.3) is 11.4 Å². The van der Waals surface area contributed by atoms with Crippen LogP contribution in [-0.4, -0.2) is 39.9 Å². The molecule has 0 aromatic carbocycles. The Morgan fingerprint density at radius 1 is 1.23 bits per heavy atom. The Morgan fingerprint density at radius 2 is 1.96 bits per heavy atom. The molecule has 0 unspecified atom stereocenters. The molecule has 0 radical (unpaired) electrons. The van der Waals surface area contributed by atoms with Gasteiger partial charge in [0.2, 0.25) is 11.5 Å². The lowest BCUT2D eigenvalue weighted by atomic mass is 10.2. The van der Waals surface area contributed by atoms with Crippen LogP contribution in [0.3, 0.4) is 0 Å². The van der Waals surface area contributed by atoms with E-state index in [0.29, 0.717) is 5.69 Å². The predicted octanol–water partition coefficient (Wildman–Crippen LogP) is -0.215. The van der Waals surface area contributed by atoms with E-state index in [9.17, 15) is 19.8 Å². The minimum Gasteiger partial charge on any atom is -0.502 e. The predicted molar refractivity (Wildman–Crippen MR) is 87.4 cm³/mol. The third-order valence-corrected chi connectivity index (χ3v) is 3.75. The number of aromatic amines is 1. The summed E-state index contributed by atoms with van der Waals surface area (Å²) in [5.41, 5.74) is -0.820. The lowest BCUT2D eigenvalue weighted by Gasteiger charge is -2.04. The van der Waals surface area contributed by atoms with E-state index in [4.69, 9.17) is 9.52 Å². The first-order chi connectivity index (χ1) is 12.3. The van der Waals surface area contributed by atoms with Crippen molar-refractivity contribution < 1.29 is 19.7 Å². The van der Waals surface area contributed by atoms with Gasteiger partial charge in [-0.2, -0.15) is 0 Å². The minimum absolute atomic E-state index is 0.0860. The van der Waals surface area contributed by atoms with Gasteiger partial charge in [0.05, 0.1) is 5.69 Å². The number of nitrogens with one attached hydrogen (secondary N) is 1. The summed E-state index contributed by atoms with van der Waals surface area (Å²) in [6.07, 6.45) is 2.94. The van der Waals surface area contributed by atoms with Gasteiger partial charge in [-0.15, -0.1) is 5.10 Å². The van der Waals surface area contributed by atoms with Crippen LogP contribution in [-0.2, 0) is 13.0 Å². The van der Waals surface area contributed by atoms with E-state index in [2.05, 4.69) is 15.3 Å². The van der Waals surface area contributed by atoms with Crippen LogP contribution < -0.4 is 11.2 Å². The highest BCUT2D eigenvalue weighted by Gasteiger charge is 2.22. The first-order valence-corrected chi connectivity index (χ1v) is 7.72.